The molecule has 0 amide bonds. The number of rotatable bonds is 6. The van der Waals surface area contributed by atoms with Crippen LogP contribution in [0.15, 0.2) is 35.6 Å². The van der Waals surface area contributed by atoms with Crippen LogP contribution >= 0.6 is 0 Å². The second kappa shape index (κ2) is 8.11. The smallest absolute Gasteiger partial charge is 0.191 e. The molecule has 1 atom stereocenters. The molecule has 1 unspecified atom stereocenters. The van der Waals surface area contributed by atoms with Gasteiger partial charge in [-0.15, -0.1) is 0 Å². The highest BCUT2D eigenvalue weighted by atomic mass is 19.1. The van der Waals surface area contributed by atoms with E-state index in [1.54, 1.807) is 23.9 Å². The number of nitrogens with zero attached hydrogens (tertiary/aromatic N) is 4. The van der Waals surface area contributed by atoms with Crippen molar-refractivity contribution in [2.24, 2.45) is 12.0 Å². The lowest BCUT2D eigenvalue weighted by molar-refractivity contribution is 0.223. The zero-order chi connectivity index (χ0) is 16.7. The maximum Gasteiger partial charge on any atom is 0.191 e. The Morgan fingerprint density at radius 1 is 1.43 bits per heavy atom. The summed E-state index contributed by atoms with van der Waals surface area (Å²) in [7, 11) is 3.51. The number of aryl methyl sites for hydroxylation is 1. The van der Waals surface area contributed by atoms with Crippen molar-refractivity contribution in [1.82, 2.24) is 25.4 Å². The van der Waals surface area contributed by atoms with Gasteiger partial charge in [-0.05, 0) is 19.1 Å². The Kier molecular flexibility index (Phi) is 5.90. The first-order chi connectivity index (χ1) is 11.1. The number of aliphatic imine (C=N–C) groups is 1. The highest BCUT2D eigenvalue weighted by Gasteiger charge is 2.07. The third kappa shape index (κ3) is 5.24. The number of ether oxygens (including phenoxy) is 1. The molecule has 0 bridgehead atoms. The van der Waals surface area contributed by atoms with Gasteiger partial charge in [0, 0.05) is 20.2 Å². The number of benzene rings is 1. The van der Waals surface area contributed by atoms with Crippen LogP contribution in [0.1, 0.15) is 12.7 Å². The van der Waals surface area contributed by atoms with Crippen LogP contribution in [0, 0.1) is 5.82 Å². The summed E-state index contributed by atoms with van der Waals surface area (Å²) in [5, 5.41) is 10.3. The summed E-state index contributed by atoms with van der Waals surface area (Å²) in [6, 6.07) is 6.08. The Morgan fingerprint density at radius 3 is 2.91 bits per heavy atom. The van der Waals surface area contributed by atoms with E-state index in [1.165, 1.54) is 18.5 Å². The molecule has 124 valence electrons. The average Bonchev–Trinajstić information content (AvgIpc) is 2.93. The maximum atomic E-state index is 13.1. The molecule has 2 rings (SSSR count). The van der Waals surface area contributed by atoms with Crippen molar-refractivity contribution < 1.29 is 9.13 Å². The minimum atomic E-state index is -0.316. The molecule has 1 heterocycles. The van der Waals surface area contributed by atoms with Gasteiger partial charge in [-0.2, -0.15) is 5.10 Å². The quantitative estimate of drug-likeness (QED) is 0.615. The SMILES string of the molecule is CN=C(NCc1ncnn1C)NCC(C)Oc1cccc(F)c1. The third-order valence-corrected chi connectivity index (χ3v) is 3.13. The van der Waals surface area contributed by atoms with Crippen molar-refractivity contribution in [2.75, 3.05) is 13.6 Å². The molecule has 0 saturated carbocycles. The molecule has 23 heavy (non-hydrogen) atoms. The van der Waals surface area contributed by atoms with Crippen LogP contribution < -0.4 is 15.4 Å². The first-order valence-corrected chi connectivity index (χ1v) is 7.28. The Hall–Kier alpha value is -2.64. The molecule has 0 spiro atoms. The molecule has 1 aromatic heterocycles. The first kappa shape index (κ1) is 16.7. The first-order valence-electron chi connectivity index (χ1n) is 7.28. The van der Waals surface area contributed by atoms with Gasteiger partial charge in [0.15, 0.2) is 5.96 Å². The zero-order valence-electron chi connectivity index (χ0n) is 13.5. The van der Waals surface area contributed by atoms with Crippen LogP contribution in [-0.4, -0.2) is 40.4 Å². The van der Waals surface area contributed by atoms with Crippen molar-refractivity contribution in [2.45, 2.75) is 19.6 Å². The van der Waals surface area contributed by atoms with Gasteiger partial charge in [-0.3, -0.25) is 9.67 Å². The third-order valence-electron chi connectivity index (χ3n) is 3.13. The zero-order valence-corrected chi connectivity index (χ0v) is 13.5. The molecule has 8 heteroatoms. The minimum absolute atomic E-state index is 0.148. The minimum Gasteiger partial charge on any atom is -0.489 e. The van der Waals surface area contributed by atoms with Crippen LogP contribution in [0.25, 0.3) is 0 Å². The number of aromatic nitrogens is 3. The Labute approximate surface area is 134 Å². The Bertz CT molecular complexity index is 657. The number of nitrogens with one attached hydrogen (secondary N) is 2. The normalized spacial score (nSPS) is 12.8. The Balaban J connectivity index is 1.77. The highest BCUT2D eigenvalue weighted by molar-refractivity contribution is 5.79. The van der Waals surface area contributed by atoms with Gasteiger partial charge in [-0.1, -0.05) is 6.07 Å². The van der Waals surface area contributed by atoms with Gasteiger partial charge in [0.25, 0.3) is 0 Å². The second-order valence-corrected chi connectivity index (χ2v) is 4.99. The van der Waals surface area contributed by atoms with E-state index >= 15 is 0 Å². The lowest BCUT2D eigenvalue weighted by Gasteiger charge is -2.17. The lowest BCUT2D eigenvalue weighted by Crippen LogP contribution is -2.41. The largest absolute Gasteiger partial charge is 0.489 e. The van der Waals surface area contributed by atoms with Crippen molar-refractivity contribution in [1.29, 1.82) is 0 Å². The van der Waals surface area contributed by atoms with Crippen molar-refractivity contribution >= 4 is 5.96 Å². The molecule has 0 aliphatic rings. The molecule has 0 aliphatic heterocycles. The predicted octanol–water partition coefficient (Wildman–Crippen LogP) is 1.09. The fraction of sp³-hybridized carbons (Fsp3) is 0.400. The van der Waals surface area contributed by atoms with E-state index in [9.17, 15) is 4.39 Å². The van der Waals surface area contributed by atoms with Gasteiger partial charge in [0.2, 0.25) is 0 Å². The molecule has 1 aromatic carbocycles. The van der Waals surface area contributed by atoms with Crippen LogP contribution in [0.5, 0.6) is 5.75 Å². The lowest BCUT2D eigenvalue weighted by atomic mass is 10.3. The summed E-state index contributed by atoms with van der Waals surface area (Å²) >= 11 is 0. The van der Waals surface area contributed by atoms with Gasteiger partial charge in [0.1, 0.15) is 29.8 Å². The number of halogens is 1. The summed E-state index contributed by atoms with van der Waals surface area (Å²) < 4.78 is 20.5. The monoisotopic (exact) mass is 320 g/mol. The number of hydrogen-bond acceptors (Lipinski definition) is 4. The van der Waals surface area contributed by atoms with Gasteiger partial charge in [0.05, 0.1) is 13.1 Å². The van der Waals surface area contributed by atoms with E-state index < -0.39 is 0 Å². The summed E-state index contributed by atoms with van der Waals surface area (Å²) in [6.45, 7) is 2.93. The van der Waals surface area contributed by atoms with E-state index in [4.69, 9.17) is 4.74 Å². The van der Waals surface area contributed by atoms with Crippen LogP contribution in [0.3, 0.4) is 0 Å². The van der Waals surface area contributed by atoms with Crippen LogP contribution in [-0.2, 0) is 13.6 Å². The summed E-state index contributed by atoms with van der Waals surface area (Å²) in [6.07, 6.45) is 1.35. The standard InChI is InChI=1S/C15H21FN6O/c1-11(23-13-6-4-5-12(16)7-13)8-18-15(17-2)19-9-14-20-10-21-22(14)3/h4-7,10-11H,8-9H2,1-3H3,(H2,17,18,19). The topological polar surface area (TPSA) is 76.4 Å². The fourth-order valence-corrected chi connectivity index (χ4v) is 1.92. The second-order valence-electron chi connectivity index (χ2n) is 4.99. The van der Waals surface area contributed by atoms with Crippen molar-refractivity contribution in [3.05, 3.63) is 42.2 Å². The van der Waals surface area contributed by atoms with Crippen molar-refractivity contribution in [3.63, 3.8) is 0 Å². The summed E-state index contributed by atoms with van der Waals surface area (Å²) in [5.41, 5.74) is 0. The fourth-order valence-electron chi connectivity index (χ4n) is 1.92. The summed E-state index contributed by atoms with van der Waals surface area (Å²) in [5.74, 6) is 1.62. The van der Waals surface area contributed by atoms with Gasteiger partial charge >= 0.3 is 0 Å². The molecular weight excluding hydrogens is 299 g/mol. The van der Waals surface area contributed by atoms with E-state index in [-0.39, 0.29) is 11.9 Å². The maximum absolute atomic E-state index is 13.1. The molecule has 7 nitrogen and oxygen atoms in total. The Morgan fingerprint density at radius 2 is 2.26 bits per heavy atom. The molecule has 0 aliphatic carbocycles. The molecule has 2 N–H and O–H groups in total. The molecule has 0 fully saturated rings. The van der Waals surface area contributed by atoms with E-state index in [0.29, 0.717) is 24.8 Å². The molecular formula is C15H21FN6O. The number of guanidine groups is 1. The van der Waals surface area contributed by atoms with Crippen molar-refractivity contribution in [3.8, 4) is 5.75 Å². The van der Waals surface area contributed by atoms with Gasteiger partial charge in [-0.25, -0.2) is 9.37 Å². The van der Waals surface area contributed by atoms with E-state index in [1.807, 2.05) is 14.0 Å². The highest BCUT2D eigenvalue weighted by Crippen LogP contribution is 2.13. The van der Waals surface area contributed by atoms with E-state index in [0.717, 1.165) is 5.82 Å². The predicted molar refractivity (Wildman–Crippen MR) is 85.7 cm³/mol. The van der Waals surface area contributed by atoms with E-state index in [2.05, 4.69) is 25.7 Å². The average molecular weight is 320 g/mol. The van der Waals surface area contributed by atoms with Crippen LogP contribution in [0.4, 0.5) is 4.39 Å². The van der Waals surface area contributed by atoms with Crippen LogP contribution in [0.2, 0.25) is 0 Å². The number of hydrogen-bond donors (Lipinski definition) is 2. The van der Waals surface area contributed by atoms with Gasteiger partial charge < -0.3 is 15.4 Å². The molecule has 2 aromatic rings. The molecule has 0 saturated heterocycles. The summed E-state index contributed by atoms with van der Waals surface area (Å²) in [4.78, 5) is 8.26. The molecule has 0 radical (unpaired) electrons.